The van der Waals surface area contributed by atoms with Crippen LogP contribution in [-0.2, 0) is 17.5 Å². The Labute approximate surface area is 179 Å². The van der Waals surface area contributed by atoms with E-state index in [0.717, 1.165) is 27.4 Å². The lowest BCUT2D eigenvalue weighted by Gasteiger charge is -2.20. The summed E-state index contributed by atoms with van der Waals surface area (Å²) in [5.41, 5.74) is 0.109. The van der Waals surface area contributed by atoms with E-state index in [1.807, 2.05) is 24.3 Å². The number of cyclic esters (lactones) is 1. The molecule has 32 heavy (non-hydrogen) atoms. The van der Waals surface area contributed by atoms with Crippen molar-refractivity contribution in [3.8, 4) is 0 Å². The molecule has 0 radical (unpaired) electrons. The number of fused-ring (bicyclic) bond motifs is 1. The zero-order valence-electron chi connectivity index (χ0n) is 16.7. The number of nitrogens with one attached hydrogen (secondary N) is 1. The van der Waals surface area contributed by atoms with E-state index in [1.54, 1.807) is 12.3 Å². The third kappa shape index (κ3) is 4.08. The van der Waals surface area contributed by atoms with Crippen LogP contribution < -0.4 is 5.32 Å². The number of imide groups is 1. The molecule has 1 aromatic heterocycles. The number of amides is 3. The fraction of sp³-hybridized carbons (Fsp3) is 0.227. The van der Waals surface area contributed by atoms with Crippen LogP contribution in [0.5, 0.6) is 0 Å². The standard InChI is InChI=1S/C22H17F4N3O3/c1-12-19(14-8-15(22(24,25)26)10-16(23)9-14)32-21(31)29(12)20(30)28-11-13-6-7-27-18-5-3-2-4-17(13)18/h2-10,12,19H,11H2,1H3,(H,28,30)/t12-,19-/m0/s1. The van der Waals surface area contributed by atoms with Crippen molar-refractivity contribution in [3.63, 3.8) is 0 Å². The summed E-state index contributed by atoms with van der Waals surface area (Å²) in [5, 5.41) is 3.44. The minimum atomic E-state index is -4.77. The van der Waals surface area contributed by atoms with Crippen LogP contribution >= 0.6 is 0 Å². The number of rotatable bonds is 3. The molecule has 2 heterocycles. The Bertz CT molecular complexity index is 1190. The average molecular weight is 447 g/mol. The molecule has 1 saturated heterocycles. The smallest absolute Gasteiger partial charge is 0.419 e. The number of carbonyl (C=O) groups excluding carboxylic acids is 2. The van der Waals surface area contributed by atoms with Gasteiger partial charge in [0, 0.05) is 18.1 Å². The molecule has 10 heteroatoms. The molecule has 1 aliphatic rings. The molecule has 3 aromatic rings. The second kappa shape index (κ2) is 8.10. The van der Waals surface area contributed by atoms with Gasteiger partial charge in [-0.2, -0.15) is 13.2 Å². The highest BCUT2D eigenvalue weighted by Crippen LogP contribution is 2.37. The summed E-state index contributed by atoms with van der Waals surface area (Å²) >= 11 is 0. The van der Waals surface area contributed by atoms with E-state index in [9.17, 15) is 27.2 Å². The number of hydrogen-bond acceptors (Lipinski definition) is 4. The van der Waals surface area contributed by atoms with Crippen LogP contribution in [0.1, 0.15) is 29.7 Å². The number of halogens is 4. The number of alkyl halides is 3. The number of carbonyl (C=O) groups is 2. The Morgan fingerprint density at radius 2 is 1.94 bits per heavy atom. The lowest BCUT2D eigenvalue weighted by Crippen LogP contribution is -2.44. The zero-order chi connectivity index (χ0) is 23.0. The predicted molar refractivity (Wildman–Crippen MR) is 106 cm³/mol. The van der Waals surface area contributed by atoms with Crippen LogP contribution in [0, 0.1) is 5.82 Å². The molecule has 2 aromatic carbocycles. The van der Waals surface area contributed by atoms with Crippen LogP contribution in [0.15, 0.2) is 54.7 Å². The first-order valence-corrected chi connectivity index (χ1v) is 9.63. The second-order valence-corrected chi connectivity index (χ2v) is 7.33. The Hall–Kier alpha value is -3.69. The van der Waals surface area contributed by atoms with Crippen LogP contribution in [0.3, 0.4) is 0 Å². The number of hydrogen-bond donors (Lipinski definition) is 1. The van der Waals surface area contributed by atoms with Gasteiger partial charge in [0.2, 0.25) is 0 Å². The zero-order valence-corrected chi connectivity index (χ0v) is 16.7. The number of benzene rings is 2. The monoisotopic (exact) mass is 447 g/mol. The molecule has 0 saturated carbocycles. The second-order valence-electron chi connectivity index (χ2n) is 7.33. The van der Waals surface area contributed by atoms with Gasteiger partial charge in [-0.15, -0.1) is 0 Å². The first-order chi connectivity index (χ1) is 15.1. The third-order valence-corrected chi connectivity index (χ3v) is 5.23. The normalized spacial score (nSPS) is 18.7. The van der Waals surface area contributed by atoms with E-state index >= 15 is 0 Å². The van der Waals surface area contributed by atoms with Gasteiger partial charge < -0.3 is 10.1 Å². The number of urea groups is 1. The lowest BCUT2D eigenvalue weighted by molar-refractivity contribution is -0.137. The van der Waals surface area contributed by atoms with Crippen molar-refractivity contribution in [2.75, 3.05) is 0 Å². The summed E-state index contributed by atoms with van der Waals surface area (Å²) in [6.45, 7) is 1.52. The summed E-state index contributed by atoms with van der Waals surface area (Å²) in [5.74, 6) is -1.12. The molecule has 1 aliphatic heterocycles. The SMILES string of the molecule is C[C@H]1[C@@H](c2cc(F)cc(C(F)(F)F)c2)OC(=O)N1C(=O)NCc1ccnc2ccccc12. The Morgan fingerprint density at radius 3 is 2.69 bits per heavy atom. The third-order valence-electron chi connectivity index (χ3n) is 5.23. The largest absolute Gasteiger partial charge is 0.439 e. The summed E-state index contributed by atoms with van der Waals surface area (Å²) in [6, 6.07) is 9.23. The topological polar surface area (TPSA) is 71.5 Å². The van der Waals surface area contributed by atoms with Gasteiger partial charge in [-0.05, 0) is 48.4 Å². The Kier molecular flexibility index (Phi) is 5.45. The van der Waals surface area contributed by atoms with Gasteiger partial charge in [-0.25, -0.2) is 18.9 Å². The molecule has 4 rings (SSSR count). The molecule has 0 unspecified atom stereocenters. The summed E-state index contributed by atoms with van der Waals surface area (Å²) in [6.07, 6.45) is -5.45. The predicted octanol–water partition coefficient (Wildman–Crippen LogP) is 5.18. The lowest BCUT2D eigenvalue weighted by atomic mass is 10.0. The van der Waals surface area contributed by atoms with E-state index in [1.165, 1.54) is 6.92 Å². The number of ether oxygens (including phenoxy) is 1. The summed E-state index contributed by atoms with van der Waals surface area (Å²) in [4.78, 5) is 30.0. The van der Waals surface area contributed by atoms with E-state index in [2.05, 4.69) is 10.3 Å². The Morgan fingerprint density at radius 1 is 1.19 bits per heavy atom. The number of para-hydroxylation sites is 1. The van der Waals surface area contributed by atoms with Crippen LogP contribution in [0.25, 0.3) is 10.9 Å². The Balaban J connectivity index is 1.52. The highest BCUT2D eigenvalue weighted by atomic mass is 19.4. The van der Waals surface area contributed by atoms with Gasteiger partial charge >= 0.3 is 18.3 Å². The fourth-order valence-electron chi connectivity index (χ4n) is 3.69. The highest BCUT2D eigenvalue weighted by molar-refractivity contribution is 5.93. The first kappa shape index (κ1) is 21.5. The van der Waals surface area contributed by atoms with Crippen LogP contribution in [0.4, 0.5) is 27.2 Å². The number of aromatic nitrogens is 1. The van der Waals surface area contributed by atoms with Gasteiger partial charge in [0.1, 0.15) is 11.9 Å². The molecule has 2 atom stereocenters. The molecule has 1 fully saturated rings. The molecule has 1 N–H and O–H groups in total. The maximum absolute atomic E-state index is 13.8. The van der Waals surface area contributed by atoms with Crippen molar-refractivity contribution in [1.29, 1.82) is 0 Å². The van der Waals surface area contributed by atoms with E-state index in [0.29, 0.717) is 12.1 Å². The molecule has 0 spiro atoms. The summed E-state index contributed by atoms with van der Waals surface area (Å²) in [7, 11) is 0. The van der Waals surface area contributed by atoms with E-state index in [-0.39, 0.29) is 12.1 Å². The van der Waals surface area contributed by atoms with Crippen molar-refractivity contribution in [2.24, 2.45) is 0 Å². The highest BCUT2D eigenvalue weighted by Gasteiger charge is 2.44. The molecule has 0 bridgehead atoms. The van der Waals surface area contributed by atoms with Gasteiger partial charge in [-0.1, -0.05) is 18.2 Å². The van der Waals surface area contributed by atoms with E-state index in [4.69, 9.17) is 4.74 Å². The minimum Gasteiger partial charge on any atom is -0.439 e. The maximum atomic E-state index is 13.8. The van der Waals surface area contributed by atoms with Crippen LogP contribution in [0.2, 0.25) is 0 Å². The minimum absolute atomic E-state index is 0.0845. The molecule has 166 valence electrons. The van der Waals surface area contributed by atoms with Gasteiger partial charge in [0.15, 0.2) is 0 Å². The van der Waals surface area contributed by atoms with Gasteiger partial charge in [0.25, 0.3) is 0 Å². The number of nitrogens with zero attached hydrogens (tertiary/aromatic N) is 2. The molecule has 6 nitrogen and oxygen atoms in total. The summed E-state index contributed by atoms with van der Waals surface area (Å²) < 4.78 is 58.0. The molecular weight excluding hydrogens is 430 g/mol. The number of pyridine rings is 1. The maximum Gasteiger partial charge on any atom is 0.419 e. The van der Waals surface area contributed by atoms with Crippen molar-refractivity contribution in [2.45, 2.75) is 31.8 Å². The van der Waals surface area contributed by atoms with Crippen molar-refractivity contribution in [3.05, 3.63) is 77.2 Å². The van der Waals surface area contributed by atoms with Crippen LogP contribution in [-0.4, -0.2) is 28.1 Å². The van der Waals surface area contributed by atoms with E-state index < -0.39 is 41.8 Å². The van der Waals surface area contributed by atoms with Gasteiger partial charge in [0.05, 0.1) is 17.1 Å². The fourth-order valence-corrected chi connectivity index (χ4v) is 3.69. The average Bonchev–Trinajstić information content (AvgIpc) is 3.05. The van der Waals surface area contributed by atoms with Crippen molar-refractivity contribution >= 4 is 23.0 Å². The first-order valence-electron chi connectivity index (χ1n) is 9.63. The molecule has 0 aliphatic carbocycles. The van der Waals surface area contributed by atoms with Gasteiger partial charge in [-0.3, -0.25) is 4.98 Å². The molecule has 3 amide bonds. The van der Waals surface area contributed by atoms with Crippen molar-refractivity contribution in [1.82, 2.24) is 15.2 Å². The quantitative estimate of drug-likeness (QED) is 0.562. The van der Waals surface area contributed by atoms with Crippen molar-refractivity contribution < 1.29 is 31.9 Å². The molecular formula is C22H17F4N3O3.